The molecule has 3 heteroatoms. The molecule has 1 aliphatic heterocycles. The number of aromatic amines is 1. The van der Waals surface area contributed by atoms with Crippen molar-refractivity contribution >= 4 is 16.6 Å². The molecule has 0 spiro atoms. The van der Waals surface area contributed by atoms with Gasteiger partial charge in [0, 0.05) is 18.0 Å². The molecule has 0 bridgehead atoms. The van der Waals surface area contributed by atoms with Gasteiger partial charge in [0.25, 0.3) is 0 Å². The van der Waals surface area contributed by atoms with Gasteiger partial charge in [0.2, 0.25) is 0 Å². The Hall–Kier alpha value is -1.61. The Balaban J connectivity index is 2.14. The molecular formula is C12H12N2O. The van der Waals surface area contributed by atoms with E-state index in [-0.39, 0.29) is 0 Å². The third-order valence-corrected chi connectivity index (χ3v) is 2.74. The number of fused-ring (bicyclic) bond motifs is 1. The predicted octanol–water partition coefficient (Wildman–Crippen LogP) is 2.37. The summed E-state index contributed by atoms with van der Waals surface area (Å²) in [7, 11) is 0. The maximum atomic E-state index is 5.30. The number of hydrogen-bond donors (Lipinski definition) is 1. The van der Waals surface area contributed by atoms with Crippen molar-refractivity contribution in [2.75, 3.05) is 13.2 Å². The topological polar surface area (TPSA) is 37.9 Å². The van der Waals surface area contributed by atoms with E-state index >= 15 is 0 Å². The lowest BCUT2D eigenvalue weighted by atomic mass is 10.0. The van der Waals surface area contributed by atoms with E-state index in [0.29, 0.717) is 0 Å². The average molecular weight is 200 g/mol. The van der Waals surface area contributed by atoms with Crippen LogP contribution in [-0.4, -0.2) is 23.2 Å². The van der Waals surface area contributed by atoms with Gasteiger partial charge < -0.3 is 9.72 Å². The molecule has 3 heterocycles. The van der Waals surface area contributed by atoms with Crippen molar-refractivity contribution in [2.45, 2.75) is 6.42 Å². The van der Waals surface area contributed by atoms with Gasteiger partial charge in [-0.05, 0) is 24.1 Å². The first kappa shape index (κ1) is 8.68. The van der Waals surface area contributed by atoms with Crippen molar-refractivity contribution in [1.29, 1.82) is 0 Å². The van der Waals surface area contributed by atoms with Crippen molar-refractivity contribution in [1.82, 2.24) is 9.97 Å². The fraction of sp³-hybridized carbons (Fsp3) is 0.250. The second-order valence-corrected chi connectivity index (χ2v) is 3.66. The highest BCUT2D eigenvalue weighted by molar-refractivity contribution is 5.89. The van der Waals surface area contributed by atoms with Crippen LogP contribution in [0.1, 0.15) is 12.0 Å². The minimum Gasteiger partial charge on any atom is -0.377 e. The highest BCUT2D eigenvalue weighted by atomic mass is 16.5. The summed E-state index contributed by atoms with van der Waals surface area (Å²) in [6.45, 7) is 1.53. The van der Waals surface area contributed by atoms with Gasteiger partial charge in [-0.3, -0.25) is 4.98 Å². The Morgan fingerprint density at radius 2 is 2.40 bits per heavy atom. The van der Waals surface area contributed by atoms with Gasteiger partial charge in [-0.1, -0.05) is 6.08 Å². The smallest absolute Gasteiger partial charge is 0.0953 e. The lowest BCUT2D eigenvalue weighted by Gasteiger charge is -2.12. The molecule has 15 heavy (non-hydrogen) atoms. The van der Waals surface area contributed by atoms with Gasteiger partial charge in [0.05, 0.1) is 24.2 Å². The van der Waals surface area contributed by atoms with E-state index in [2.05, 4.69) is 16.0 Å². The Bertz CT molecular complexity index is 513. The Morgan fingerprint density at radius 3 is 3.27 bits per heavy atom. The Kier molecular flexibility index (Phi) is 2.03. The molecule has 0 amide bonds. The Labute approximate surface area is 87.8 Å². The molecule has 0 aromatic carbocycles. The number of aromatic nitrogens is 2. The molecule has 1 aliphatic rings. The number of nitrogens with one attached hydrogen (secondary N) is 1. The van der Waals surface area contributed by atoms with Gasteiger partial charge >= 0.3 is 0 Å². The Morgan fingerprint density at radius 1 is 1.40 bits per heavy atom. The summed E-state index contributed by atoms with van der Waals surface area (Å²) in [6.07, 6.45) is 6.98. The van der Waals surface area contributed by atoms with Crippen LogP contribution < -0.4 is 0 Å². The minimum absolute atomic E-state index is 0.717. The summed E-state index contributed by atoms with van der Waals surface area (Å²) in [6, 6.07) is 3.99. The van der Waals surface area contributed by atoms with Crippen LogP contribution in [0.25, 0.3) is 16.6 Å². The summed E-state index contributed by atoms with van der Waals surface area (Å²) in [4.78, 5) is 7.64. The fourth-order valence-electron chi connectivity index (χ4n) is 1.97. The normalized spacial score (nSPS) is 16.7. The molecule has 76 valence electrons. The van der Waals surface area contributed by atoms with Crippen LogP contribution in [0.5, 0.6) is 0 Å². The van der Waals surface area contributed by atoms with Crippen molar-refractivity contribution in [3.8, 4) is 0 Å². The first-order valence-corrected chi connectivity index (χ1v) is 5.14. The molecular weight excluding hydrogens is 188 g/mol. The van der Waals surface area contributed by atoms with Gasteiger partial charge in [0.15, 0.2) is 0 Å². The lowest BCUT2D eigenvalue weighted by Crippen LogP contribution is -2.03. The largest absolute Gasteiger partial charge is 0.377 e. The highest BCUT2D eigenvalue weighted by Crippen LogP contribution is 2.26. The molecule has 0 saturated heterocycles. The monoisotopic (exact) mass is 200 g/mol. The number of H-pyrrole nitrogens is 1. The van der Waals surface area contributed by atoms with Gasteiger partial charge in [-0.25, -0.2) is 0 Å². The van der Waals surface area contributed by atoms with Crippen LogP contribution in [0.2, 0.25) is 0 Å². The lowest BCUT2D eigenvalue weighted by molar-refractivity contribution is 0.161. The zero-order valence-electron chi connectivity index (χ0n) is 8.36. The van der Waals surface area contributed by atoms with E-state index in [1.54, 1.807) is 0 Å². The van der Waals surface area contributed by atoms with Crippen LogP contribution in [0.3, 0.4) is 0 Å². The van der Waals surface area contributed by atoms with E-state index in [1.165, 1.54) is 11.1 Å². The second kappa shape index (κ2) is 3.51. The summed E-state index contributed by atoms with van der Waals surface area (Å²) >= 11 is 0. The summed E-state index contributed by atoms with van der Waals surface area (Å²) in [5.74, 6) is 0. The van der Waals surface area contributed by atoms with E-state index in [4.69, 9.17) is 4.74 Å². The summed E-state index contributed by atoms with van der Waals surface area (Å²) in [5, 5.41) is 0. The van der Waals surface area contributed by atoms with E-state index in [1.807, 2.05) is 24.5 Å². The third kappa shape index (κ3) is 1.45. The third-order valence-electron chi connectivity index (χ3n) is 2.74. The van der Waals surface area contributed by atoms with Gasteiger partial charge in [0.1, 0.15) is 0 Å². The summed E-state index contributed by atoms with van der Waals surface area (Å²) < 4.78 is 5.30. The van der Waals surface area contributed by atoms with Crippen molar-refractivity contribution in [3.05, 3.63) is 36.2 Å². The minimum atomic E-state index is 0.717. The van der Waals surface area contributed by atoms with Crippen molar-refractivity contribution in [2.24, 2.45) is 0 Å². The first-order chi connectivity index (χ1) is 7.45. The van der Waals surface area contributed by atoms with E-state index in [0.717, 1.165) is 30.7 Å². The molecule has 3 nitrogen and oxygen atoms in total. The maximum Gasteiger partial charge on any atom is 0.0953 e. The molecule has 0 radical (unpaired) electrons. The van der Waals surface area contributed by atoms with Gasteiger partial charge in [-0.15, -0.1) is 0 Å². The zero-order valence-corrected chi connectivity index (χ0v) is 8.36. The maximum absolute atomic E-state index is 5.30. The number of nitrogens with zero attached hydrogens (tertiary/aromatic N) is 1. The molecule has 0 aliphatic carbocycles. The average Bonchev–Trinajstić information content (AvgIpc) is 2.74. The van der Waals surface area contributed by atoms with Crippen LogP contribution in [0, 0.1) is 0 Å². The zero-order chi connectivity index (χ0) is 10.1. The molecule has 3 rings (SSSR count). The van der Waals surface area contributed by atoms with Crippen molar-refractivity contribution < 1.29 is 4.74 Å². The van der Waals surface area contributed by atoms with Gasteiger partial charge in [-0.2, -0.15) is 0 Å². The van der Waals surface area contributed by atoms with Crippen molar-refractivity contribution in [3.63, 3.8) is 0 Å². The highest BCUT2D eigenvalue weighted by Gasteiger charge is 2.11. The molecule has 0 fully saturated rings. The molecule has 0 saturated carbocycles. The second-order valence-electron chi connectivity index (χ2n) is 3.66. The molecule has 2 aromatic heterocycles. The van der Waals surface area contributed by atoms with Crippen LogP contribution in [0.4, 0.5) is 0 Å². The fourth-order valence-corrected chi connectivity index (χ4v) is 1.97. The molecule has 0 unspecified atom stereocenters. The van der Waals surface area contributed by atoms with Crippen LogP contribution >= 0.6 is 0 Å². The first-order valence-electron chi connectivity index (χ1n) is 5.14. The quantitative estimate of drug-likeness (QED) is 0.767. The number of ether oxygens (including phenoxy) is 1. The predicted molar refractivity (Wildman–Crippen MR) is 59.5 cm³/mol. The standard InChI is InChI=1S/C12H12N2O/c1-2-11-12(13-5-1)10(8-14-11)9-3-6-15-7-4-9/h1-3,5,8,14H,4,6-7H2. The summed E-state index contributed by atoms with van der Waals surface area (Å²) in [5.41, 5.74) is 4.71. The molecule has 0 atom stereocenters. The van der Waals surface area contributed by atoms with E-state index < -0.39 is 0 Å². The number of rotatable bonds is 1. The molecule has 1 N–H and O–H groups in total. The van der Waals surface area contributed by atoms with Crippen LogP contribution in [-0.2, 0) is 4.74 Å². The SMILES string of the molecule is C1=C(c2c[nH]c3cccnc23)CCOC1. The number of hydrogen-bond acceptors (Lipinski definition) is 2. The van der Waals surface area contributed by atoms with Crippen LogP contribution in [0.15, 0.2) is 30.6 Å². The number of pyridine rings is 1. The molecule has 2 aromatic rings. The van der Waals surface area contributed by atoms with E-state index in [9.17, 15) is 0 Å².